The molecule has 1 unspecified atom stereocenters. The van der Waals surface area contributed by atoms with Crippen molar-refractivity contribution in [1.29, 1.82) is 0 Å². The highest BCUT2D eigenvalue weighted by molar-refractivity contribution is 5.85. The molecule has 1 aromatic rings. The minimum Gasteiger partial charge on any atom is -0.354 e. The number of carbonyl (C=O) groups excluding carboxylic acids is 1. The van der Waals surface area contributed by atoms with Gasteiger partial charge in [0.25, 0.3) is 0 Å². The largest absolute Gasteiger partial charge is 0.416 e. The van der Waals surface area contributed by atoms with Crippen molar-refractivity contribution in [3.05, 3.63) is 35.4 Å². The molecule has 0 saturated carbocycles. The van der Waals surface area contributed by atoms with Crippen LogP contribution in [0.15, 0.2) is 24.3 Å². The van der Waals surface area contributed by atoms with Crippen molar-refractivity contribution in [3.8, 4) is 0 Å². The molecule has 0 bridgehead atoms. The van der Waals surface area contributed by atoms with Crippen molar-refractivity contribution in [1.82, 2.24) is 10.6 Å². The molecule has 0 aliphatic carbocycles. The molecular formula is C16H22ClF3N2O. The van der Waals surface area contributed by atoms with Gasteiger partial charge in [-0.15, -0.1) is 12.4 Å². The lowest BCUT2D eigenvalue weighted by Gasteiger charge is -2.27. The fraction of sp³-hybridized carbons (Fsp3) is 0.562. The Morgan fingerprint density at radius 3 is 2.52 bits per heavy atom. The summed E-state index contributed by atoms with van der Waals surface area (Å²) in [5.74, 6) is -0.0856. The van der Waals surface area contributed by atoms with E-state index in [2.05, 4.69) is 10.6 Å². The molecule has 1 atom stereocenters. The van der Waals surface area contributed by atoms with Crippen LogP contribution in [0.3, 0.4) is 0 Å². The smallest absolute Gasteiger partial charge is 0.354 e. The summed E-state index contributed by atoms with van der Waals surface area (Å²) < 4.78 is 38.4. The topological polar surface area (TPSA) is 41.1 Å². The van der Waals surface area contributed by atoms with Crippen molar-refractivity contribution < 1.29 is 18.0 Å². The van der Waals surface area contributed by atoms with E-state index in [1.54, 1.807) is 6.07 Å². The number of benzene rings is 1. The Balaban J connectivity index is 0.00000264. The summed E-state index contributed by atoms with van der Waals surface area (Å²) in [5, 5.41) is 5.94. The first-order valence-corrected chi connectivity index (χ1v) is 7.39. The third kappa shape index (κ3) is 5.11. The molecular weight excluding hydrogens is 329 g/mol. The molecule has 1 aliphatic heterocycles. The van der Waals surface area contributed by atoms with Crippen molar-refractivity contribution in [2.75, 3.05) is 13.1 Å². The Bertz CT molecular complexity index is 540. The van der Waals surface area contributed by atoms with E-state index in [-0.39, 0.29) is 24.4 Å². The number of nitrogens with one attached hydrogen (secondary N) is 2. The molecule has 2 N–H and O–H groups in total. The van der Waals surface area contributed by atoms with Gasteiger partial charge in [-0.3, -0.25) is 4.79 Å². The summed E-state index contributed by atoms with van der Waals surface area (Å²) in [6.07, 6.45) is -2.59. The highest BCUT2D eigenvalue weighted by Crippen LogP contribution is 2.32. The summed E-state index contributed by atoms with van der Waals surface area (Å²) in [4.78, 5) is 12.0. The molecule has 0 radical (unpaired) electrons. The number of amides is 1. The van der Waals surface area contributed by atoms with E-state index in [0.717, 1.165) is 31.5 Å². The molecule has 0 spiro atoms. The standard InChI is InChI=1S/C16H21F3N2O.ClH/c1-15(2,10-21-14(22)13-7-4-8-20-13)11-5-3-6-12(9-11)16(17,18)19;/h3,5-6,9,13,20H,4,7-8,10H2,1-2H3,(H,21,22);1H. The molecule has 0 aromatic heterocycles. The second-order valence-electron chi connectivity index (χ2n) is 6.33. The summed E-state index contributed by atoms with van der Waals surface area (Å²) >= 11 is 0. The van der Waals surface area contributed by atoms with Gasteiger partial charge in [0.1, 0.15) is 0 Å². The number of halogens is 4. The van der Waals surface area contributed by atoms with E-state index in [1.165, 1.54) is 6.07 Å². The van der Waals surface area contributed by atoms with Crippen LogP contribution in [0.5, 0.6) is 0 Å². The highest BCUT2D eigenvalue weighted by Gasteiger charge is 2.32. The van der Waals surface area contributed by atoms with E-state index in [0.29, 0.717) is 12.1 Å². The maximum Gasteiger partial charge on any atom is 0.416 e. The zero-order chi connectivity index (χ0) is 16.4. The van der Waals surface area contributed by atoms with Crippen molar-refractivity contribution in [3.63, 3.8) is 0 Å². The molecule has 2 rings (SSSR count). The van der Waals surface area contributed by atoms with Crippen molar-refractivity contribution in [2.45, 2.75) is 44.3 Å². The van der Waals surface area contributed by atoms with Gasteiger partial charge in [0.05, 0.1) is 11.6 Å². The molecule has 23 heavy (non-hydrogen) atoms. The first kappa shape index (κ1) is 19.8. The van der Waals surface area contributed by atoms with Crippen LogP contribution >= 0.6 is 12.4 Å². The number of alkyl halides is 3. The summed E-state index contributed by atoms with van der Waals surface area (Å²) in [6, 6.07) is 5.09. The van der Waals surface area contributed by atoms with Crippen LogP contribution in [0, 0.1) is 0 Å². The third-order valence-corrected chi connectivity index (χ3v) is 4.05. The van der Waals surface area contributed by atoms with Crippen LogP contribution in [0.4, 0.5) is 13.2 Å². The van der Waals surface area contributed by atoms with Gasteiger partial charge in [0.2, 0.25) is 5.91 Å². The molecule has 1 aliphatic rings. The minimum absolute atomic E-state index is 0. The Morgan fingerprint density at radius 1 is 1.30 bits per heavy atom. The molecule has 1 heterocycles. The minimum atomic E-state index is -4.36. The normalized spacial score (nSPS) is 18.4. The van der Waals surface area contributed by atoms with E-state index < -0.39 is 17.2 Å². The Kier molecular flexibility index (Phi) is 6.48. The van der Waals surface area contributed by atoms with Crippen molar-refractivity contribution in [2.24, 2.45) is 0 Å². The van der Waals surface area contributed by atoms with Crippen LogP contribution in [0.2, 0.25) is 0 Å². The second kappa shape index (κ2) is 7.53. The second-order valence-corrected chi connectivity index (χ2v) is 6.33. The Labute approximate surface area is 140 Å². The average molecular weight is 351 g/mol. The van der Waals surface area contributed by atoms with Gasteiger partial charge in [-0.05, 0) is 31.0 Å². The van der Waals surface area contributed by atoms with E-state index >= 15 is 0 Å². The van der Waals surface area contributed by atoms with Gasteiger partial charge in [-0.2, -0.15) is 13.2 Å². The summed E-state index contributed by atoms with van der Waals surface area (Å²) in [5.41, 5.74) is -0.681. The van der Waals surface area contributed by atoms with Crippen molar-refractivity contribution >= 4 is 18.3 Å². The number of hydrogen-bond acceptors (Lipinski definition) is 2. The van der Waals surface area contributed by atoms with Crippen LogP contribution in [0.25, 0.3) is 0 Å². The molecule has 130 valence electrons. The molecule has 7 heteroatoms. The van der Waals surface area contributed by atoms with Gasteiger partial charge in [-0.25, -0.2) is 0 Å². The molecule has 1 aromatic carbocycles. The van der Waals surface area contributed by atoms with Crippen LogP contribution < -0.4 is 10.6 Å². The van der Waals surface area contributed by atoms with Crippen LogP contribution in [-0.2, 0) is 16.4 Å². The van der Waals surface area contributed by atoms with E-state index in [9.17, 15) is 18.0 Å². The monoisotopic (exact) mass is 350 g/mol. The number of rotatable bonds is 4. The fourth-order valence-corrected chi connectivity index (χ4v) is 2.56. The quantitative estimate of drug-likeness (QED) is 0.875. The first-order chi connectivity index (χ1) is 10.2. The molecule has 1 fully saturated rings. The van der Waals surface area contributed by atoms with Gasteiger partial charge >= 0.3 is 6.18 Å². The highest BCUT2D eigenvalue weighted by atomic mass is 35.5. The van der Waals surface area contributed by atoms with Crippen LogP contribution in [0.1, 0.15) is 37.8 Å². The predicted molar refractivity (Wildman–Crippen MR) is 85.8 cm³/mol. The van der Waals surface area contributed by atoms with E-state index in [4.69, 9.17) is 0 Å². The lowest BCUT2D eigenvalue weighted by Crippen LogP contribution is -2.45. The first-order valence-electron chi connectivity index (χ1n) is 7.39. The number of carbonyl (C=O) groups is 1. The lowest BCUT2D eigenvalue weighted by atomic mass is 9.83. The van der Waals surface area contributed by atoms with Crippen LogP contribution in [-0.4, -0.2) is 25.0 Å². The summed E-state index contributed by atoms with van der Waals surface area (Å²) in [6.45, 7) is 4.77. The molecule has 3 nitrogen and oxygen atoms in total. The zero-order valence-electron chi connectivity index (χ0n) is 13.2. The maximum atomic E-state index is 12.8. The molecule has 1 saturated heterocycles. The number of hydrogen-bond donors (Lipinski definition) is 2. The van der Waals surface area contributed by atoms with Gasteiger partial charge in [-0.1, -0.05) is 32.0 Å². The summed E-state index contributed by atoms with van der Waals surface area (Å²) in [7, 11) is 0. The van der Waals surface area contributed by atoms with E-state index in [1.807, 2.05) is 13.8 Å². The predicted octanol–water partition coefficient (Wildman–Crippen LogP) is 3.27. The van der Waals surface area contributed by atoms with Gasteiger partial charge in [0.15, 0.2) is 0 Å². The van der Waals surface area contributed by atoms with Gasteiger partial charge < -0.3 is 10.6 Å². The fourth-order valence-electron chi connectivity index (χ4n) is 2.56. The third-order valence-electron chi connectivity index (χ3n) is 4.05. The Hall–Kier alpha value is -1.27. The molecule has 1 amide bonds. The van der Waals surface area contributed by atoms with Gasteiger partial charge in [0, 0.05) is 12.0 Å². The maximum absolute atomic E-state index is 12.8. The zero-order valence-corrected chi connectivity index (χ0v) is 14.0. The average Bonchev–Trinajstić information content (AvgIpc) is 2.98. The lowest BCUT2D eigenvalue weighted by molar-refractivity contribution is -0.137. The Morgan fingerprint density at radius 2 is 1.96 bits per heavy atom. The SMILES string of the molecule is CC(C)(CNC(=O)C1CCCN1)c1cccc(C(F)(F)F)c1.Cl.